The number of rotatable bonds is 5. The molecule has 3 rings (SSSR count). The smallest absolute Gasteiger partial charge is 0.258 e. The van der Waals surface area contributed by atoms with Crippen LogP contribution in [-0.2, 0) is 13.1 Å². The van der Waals surface area contributed by atoms with E-state index in [1.807, 2.05) is 17.9 Å². The Kier molecular flexibility index (Phi) is 4.66. The van der Waals surface area contributed by atoms with Crippen LogP contribution in [0.1, 0.15) is 18.3 Å². The first-order valence-corrected chi connectivity index (χ1v) is 7.71. The van der Waals surface area contributed by atoms with Gasteiger partial charge in [0, 0.05) is 12.1 Å². The van der Waals surface area contributed by atoms with Crippen LogP contribution in [0.2, 0.25) is 0 Å². The van der Waals surface area contributed by atoms with Gasteiger partial charge in [-0.1, -0.05) is 25.1 Å². The number of aromatic nitrogens is 2. The first-order chi connectivity index (χ1) is 11.6. The van der Waals surface area contributed by atoms with Crippen molar-refractivity contribution in [3.63, 3.8) is 0 Å². The molecule has 0 saturated heterocycles. The van der Waals surface area contributed by atoms with Crippen molar-refractivity contribution in [2.24, 2.45) is 0 Å². The summed E-state index contributed by atoms with van der Waals surface area (Å²) in [7, 11) is 0. The van der Waals surface area contributed by atoms with Crippen LogP contribution in [0.5, 0.6) is 0 Å². The number of nitrogens with one attached hydrogen (secondary N) is 1. The second-order valence-electron chi connectivity index (χ2n) is 5.53. The van der Waals surface area contributed by atoms with Crippen molar-refractivity contribution in [1.82, 2.24) is 14.9 Å². The highest BCUT2D eigenvalue weighted by atomic mass is 19.1. The van der Waals surface area contributed by atoms with E-state index >= 15 is 0 Å². The SMILES string of the molecule is CCN(Cc1nc2ccccc2c(=O)[nH]1)Cc1c(F)cccc1F. The summed E-state index contributed by atoms with van der Waals surface area (Å²) in [6.07, 6.45) is 0. The van der Waals surface area contributed by atoms with Crippen molar-refractivity contribution >= 4 is 10.9 Å². The fourth-order valence-electron chi connectivity index (χ4n) is 2.61. The molecule has 0 bridgehead atoms. The Morgan fingerprint density at radius 3 is 2.46 bits per heavy atom. The van der Waals surface area contributed by atoms with E-state index in [1.165, 1.54) is 18.2 Å². The van der Waals surface area contributed by atoms with E-state index in [0.29, 0.717) is 29.8 Å². The minimum atomic E-state index is -0.576. The van der Waals surface area contributed by atoms with E-state index in [9.17, 15) is 13.6 Å². The quantitative estimate of drug-likeness (QED) is 0.782. The Morgan fingerprint density at radius 2 is 1.75 bits per heavy atom. The fraction of sp³-hybridized carbons (Fsp3) is 0.222. The lowest BCUT2D eigenvalue weighted by Crippen LogP contribution is -2.26. The molecule has 1 heterocycles. The van der Waals surface area contributed by atoms with Gasteiger partial charge in [-0.3, -0.25) is 9.69 Å². The van der Waals surface area contributed by atoms with Gasteiger partial charge in [0.2, 0.25) is 0 Å². The average molecular weight is 329 g/mol. The molecule has 24 heavy (non-hydrogen) atoms. The van der Waals surface area contributed by atoms with Crippen molar-refractivity contribution in [2.45, 2.75) is 20.0 Å². The van der Waals surface area contributed by atoms with E-state index < -0.39 is 11.6 Å². The number of aromatic amines is 1. The lowest BCUT2D eigenvalue weighted by molar-refractivity contribution is 0.256. The monoisotopic (exact) mass is 329 g/mol. The molecule has 0 saturated carbocycles. The third-order valence-electron chi connectivity index (χ3n) is 3.93. The van der Waals surface area contributed by atoms with Gasteiger partial charge < -0.3 is 4.98 Å². The molecular weight excluding hydrogens is 312 g/mol. The van der Waals surface area contributed by atoms with Gasteiger partial charge in [-0.2, -0.15) is 0 Å². The van der Waals surface area contributed by atoms with Crippen LogP contribution >= 0.6 is 0 Å². The lowest BCUT2D eigenvalue weighted by Gasteiger charge is -2.20. The molecule has 0 atom stereocenters. The third kappa shape index (κ3) is 3.33. The maximum absolute atomic E-state index is 13.8. The van der Waals surface area contributed by atoms with E-state index in [4.69, 9.17) is 0 Å². The number of fused-ring (bicyclic) bond motifs is 1. The zero-order valence-electron chi connectivity index (χ0n) is 13.2. The number of H-pyrrole nitrogens is 1. The zero-order valence-corrected chi connectivity index (χ0v) is 13.2. The number of benzene rings is 2. The van der Waals surface area contributed by atoms with Crippen molar-refractivity contribution in [2.75, 3.05) is 6.54 Å². The van der Waals surface area contributed by atoms with Crippen molar-refractivity contribution in [1.29, 1.82) is 0 Å². The molecule has 0 spiro atoms. The largest absolute Gasteiger partial charge is 0.309 e. The summed E-state index contributed by atoms with van der Waals surface area (Å²) < 4.78 is 27.6. The molecular formula is C18H17F2N3O. The van der Waals surface area contributed by atoms with Gasteiger partial charge >= 0.3 is 0 Å². The zero-order chi connectivity index (χ0) is 17.1. The molecule has 0 fully saturated rings. The molecule has 0 aliphatic heterocycles. The highest BCUT2D eigenvalue weighted by Gasteiger charge is 2.14. The van der Waals surface area contributed by atoms with Crippen LogP contribution in [0.25, 0.3) is 10.9 Å². The molecule has 0 amide bonds. The average Bonchev–Trinajstić information content (AvgIpc) is 2.57. The van der Waals surface area contributed by atoms with Crippen LogP contribution in [0.15, 0.2) is 47.3 Å². The Bertz CT molecular complexity index is 903. The standard InChI is InChI=1S/C18H17F2N3O/c1-2-23(10-13-14(19)7-5-8-15(13)20)11-17-21-16-9-4-3-6-12(16)18(24)22-17/h3-9H,2,10-11H2,1H3,(H,21,22,24). The van der Waals surface area contributed by atoms with Crippen molar-refractivity contribution < 1.29 is 8.78 Å². The second-order valence-corrected chi connectivity index (χ2v) is 5.53. The van der Waals surface area contributed by atoms with Gasteiger partial charge in [0.1, 0.15) is 17.5 Å². The normalized spacial score (nSPS) is 11.3. The molecule has 3 aromatic rings. The number of nitrogens with zero attached hydrogens (tertiary/aromatic N) is 2. The van der Waals surface area contributed by atoms with Crippen LogP contribution in [0.3, 0.4) is 0 Å². The van der Waals surface area contributed by atoms with Gasteiger partial charge in [0.05, 0.1) is 17.4 Å². The minimum Gasteiger partial charge on any atom is -0.309 e. The summed E-state index contributed by atoms with van der Waals surface area (Å²) in [6, 6.07) is 10.9. The summed E-state index contributed by atoms with van der Waals surface area (Å²) in [6.45, 7) is 2.85. The summed E-state index contributed by atoms with van der Waals surface area (Å²) >= 11 is 0. The predicted molar refractivity (Wildman–Crippen MR) is 88.5 cm³/mol. The molecule has 1 N–H and O–H groups in total. The molecule has 0 aliphatic carbocycles. The van der Waals surface area contributed by atoms with Gasteiger partial charge in [0.15, 0.2) is 0 Å². The predicted octanol–water partition coefficient (Wildman–Crippen LogP) is 3.22. The highest BCUT2D eigenvalue weighted by Crippen LogP contribution is 2.16. The first kappa shape index (κ1) is 16.3. The minimum absolute atomic E-state index is 0.0162. The molecule has 1 aromatic heterocycles. The summed E-state index contributed by atoms with van der Waals surface area (Å²) in [4.78, 5) is 21.1. The molecule has 124 valence electrons. The number of para-hydroxylation sites is 1. The maximum Gasteiger partial charge on any atom is 0.258 e. The van der Waals surface area contributed by atoms with Crippen LogP contribution < -0.4 is 5.56 Å². The molecule has 2 aromatic carbocycles. The Hall–Kier alpha value is -2.60. The molecule has 4 nitrogen and oxygen atoms in total. The number of hydrogen-bond donors (Lipinski definition) is 1. The van der Waals surface area contributed by atoms with Crippen LogP contribution in [0.4, 0.5) is 8.78 Å². The highest BCUT2D eigenvalue weighted by molar-refractivity contribution is 5.77. The van der Waals surface area contributed by atoms with E-state index in [1.54, 1.807) is 18.2 Å². The van der Waals surface area contributed by atoms with Gasteiger partial charge in [0.25, 0.3) is 5.56 Å². The number of halogens is 2. The fourth-order valence-corrected chi connectivity index (χ4v) is 2.61. The molecule has 0 radical (unpaired) electrons. The Balaban J connectivity index is 1.87. The Morgan fingerprint density at radius 1 is 1.04 bits per heavy atom. The molecule has 0 aliphatic rings. The summed E-state index contributed by atoms with van der Waals surface area (Å²) in [5, 5.41) is 0.518. The van der Waals surface area contributed by atoms with E-state index in [-0.39, 0.29) is 17.7 Å². The van der Waals surface area contributed by atoms with E-state index in [2.05, 4.69) is 9.97 Å². The second kappa shape index (κ2) is 6.88. The van der Waals surface area contributed by atoms with Gasteiger partial charge in [-0.25, -0.2) is 13.8 Å². The first-order valence-electron chi connectivity index (χ1n) is 7.71. The lowest BCUT2D eigenvalue weighted by atomic mass is 10.2. The summed E-state index contributed by atoms with van der Waals surface area (Å²) in [5.74, 6) is -0.681. The topological polar surface area (TPSA) is 49.0 Å². The van der Waals surface area contributed by atoms with Crippen LogP contribution in [-0.4, -0.2) is 21.4 Å². The van der Waals surface area contributed by atoms with Gasteiger partial charge in [-0.05, 0) is 30.8 Å². The maximum atomic E-state index is 13.8. The van der Waals surface area contributed by atoms with Gasteiger partial charge in [-0.15, -0.1) is 0 Å². The molecule has 6 heteroatoms. The van der Waals surface area contributed by atoms with Crippen LogP contribution in [0, 0.1) is 11.6 Å². The van der Waals surface area contributed by atoms with Crippen molar-refractivity contribution in [3.05, 3.63) is 75.8 Å². The third-order valence-corrected chi connectivity index (χ3v) is 3.93. The molecule has 0 unspecified atom stereocenters. The Labute approximate surface area is 137 Å². The summed E-state index contributed by atoms with van der Waals surface area (Å²) in [5.41, 5.74) is 0.399. The van der Waals surface area contributed by atoms with E-state index in [0.717, 1.165) is 0 Å². The van der Waals surface area contributed by atoms with Crippen molar-refractivity contribution in [3.8, 4) is 0 Å². The number of hydrogen-bond acceptors (Lipinski definition) is 3.